The fourth-order valence-electron chi connectivity index (χ4n) is 3.60. The van der Waals surface area contributed by atoms with Gasteiger partial charge in [0.1, 0.15) is 17.2 Å². The van der Waals surface area contributed by atoms with Gasteiger partial charge in [-0.25, -0.2) is 13.8 Å². The van der Waals surface area contributed by atoms with E-state index in [1.165, 1.54) is 24.7 Å². The Morgan fingerprint density at radius 2 is 1.97 bits per heavy atom. The molecule has 1 amide bonds. The standard InChI is InChI=1S/C23H14Cl2F2N4O2/c24-14-6-13-3-11(4-16(26)22(13)30-8-14)5-19-29-10-18(33-19)23(32)31-7-12-1-2-17-20(21(12)27)15(25)9-28-17/h1-4,6,8-10,28H,5,7H2,(H,31,32). The number of H-pyrrole nitrogens is 1. The summed E-state index contributed by atoms with van der Waals surface area (Å²) in [5.41, 5.74) is 1.63. The zero-order valence-corrected chi connectivity index (χ0v) is 18.3. The number of amides is 1. The summed E-state index contributed by atoms with van der Waals surface area (Å²) in [7, 11) is 0. The van der Waals surface area contributed by atoms with E-state index >= 15 is 0 Å². The minimum absolute atomic E-state index is 0.0443. The second-order valence-corrected chi connectivity index (χ2v) is 8.22. The second-order valence-electron chi connectivity index (χ2n) is 7.38. The molecule has 5 aromatic rings. The topological polar surface area (TPSA) is 83.8 Å². The molecule has 10 heteroatoms. The van der Waals surface area contributed by atoms with Gasteiger partial charge in [-0.3, -0.25) is 9.78 Å². The summed E-state index contributed by atoms with van der Waals surface area (Å²) in [4.78, 5) is 23.4. The maximum absolute atomic E-state index is 14.7. The molecule has 0 saturated heterocycles. The summed E-state index contributed by atoms with van der Waals surface area (Å²) in [5, 5.41) is 4.07. The molecular weight excluding hydrogens is 473 g/mol. The van der Waals surface area contributed by atoms with Crippen molar-refractivity contribution in [3.63, 3.8) is 0 Å². The minimum atomic E-state index is -0.561. The van der Waals surface area contributed by atoms with Crippen LogP contribution in [0.2, 0.25) is 10.0 Å². The van der Waals surface area contributed by atoms with Crippen molar-refractivity contribution in [3.8, 4) is 0 Å². The van der Waals surface area contributed by atoms with Gasteiger partial charge in [0.25, 0.3) is 5.91 Å². The van der Waals surface area contributed by atoms with Gasteiger partial charge < -0.3 is 14.7 Å². The highest BCUT2D eigenvalue weighted by Crippen LogP contribution is 2.28. The molecule has 0 aliphatic rings. The van der Waals surface area contributed by atoms with Crippen LogP contribution in [0.3, 0.4) is 0 Å². The smallest absolute Gasteiger partial charge is 0.288 e. The van der Waals surface area contributed by atoms with E-state index < -0.39 is 17.5 Å². The molecule has 0 spiro atoms. The van der Waals surface area contributed by atoms with Gasteiger partial charge in [0, 0.05) is 41.8 Å². The number of aromatic nitrogens is 3. The Balaban J connectivity index is 1.30. The van der Waals surface area contributed by atoms with Crippen molar-refractivity contribution in [2.45, 2.75) is 13.0 Å². The van der Waals surface area contributed by atoms with Gasteiger partial charge in [-0.05, 0) is 29.8 Å². The first-order valence-corrected chi connectivity index (χ1v) is 10.5. The van der Waals surface area contributed by atoms with Gasteiger partial charge >= 0.3 is 0 Å². The van der Waals surface area contributed by atoms with Crippen LogP contribution in [-0.4, -0.2) is 20.9 Å². The van der Waals surface area contributed by atoms with E-state index in [4.69, 9.17) is 27.6 Å². The molecule has 2 N–H and O–H groups in total. The first-order chi connectivity index (χ1) is 15.9. The number of benzene rings is 2. The molecule has 166 valence electrons. The number of hydrogen-bond acceptors (Lipinski definition) is 4. The Hall–Kier alpha value is -3.49. The Morgan fingerprint density at radius 1 is 1.12 bits per heavy atom. The molecule has 0 saturated carbocycles. The highest BCUT2D eigenvalue weighted by atomic mass is 35.5. The van der Waals surface area contributed by atoms with Gasteiger partial charge in [-0.2, -0.15) is 0 Å². The number of rotatable bonds is 5. The van der Waals surface area contributed by atoms with Crippen LogP contribution in [0.25, 0.3) is 21.8 Å². The van der Waals surface area contributed by atoms with Gasteiger partial charge in [0.15, 0.2) is 5.89 Å². The predicted octanol–water partition coefficient (Wildman–Crippen LogP) is 5.81. The fraction of sp³-hybridized carbons (Fsp3) is 0.0870. The molecule has 2 aromatic carbocycles. The van der Waals surface area contributed by atoms with Crippen molar-refractivity contribution in [2.24, 2.45) is 0 Å². The normalized spacial score (nSPS) is 11.4. The summed E-state index contributed by atoms with van der Waals surface area (Å²) < 4.78 is 34.6. The summed E-state index contributed by atoms with van der Waals surface area (Å²) in [6, 6.07) is 7.92. The van der Waals surface area contributed by atoms with E-state index in [1.807, 2.05) is 0 Å². The molecule has 5 rings (SSSR count). The number of nitrogens with zero attached hydrogens (tertiary/aromatic N) is 2. The molecular formula is C23H14Cl2F2N4O2. The Morgan fingerprint density at radius 3 is 2.82 bits per heavy atom. The van der Waals surface area contributed by atoms with Crippen molar-refractivity contribution in [1.82, 2.24) is 20.3 Å². The van der Waals surface area contributed by atoms with Crippen molar-refractivity contribution < 1.29 is 18.0 Å². The average molecular weight is 487 g/mol. The summed E-state index contributed by atoms with van der Waals surface area (Å²) >= 11 is 12.0. The number of pyridine rings is 1. The Bertz CT molecular complexity index is 1530. The minimum Gasteiger partial charge on any atom is -0.435 e. The van der Waals surface area contributed by atoms with Crippen LogP contribution in [0.5, 0.6) is 0 Å². The molecule has 0 fully saturated rings. The van der Waals surface area contributed by atoms with E-state index in [0.29, 0.717) is 21.5 Å². The molecule has 0 aliphatic carbocycles. The van der Waals surface area contributed by atoms with Crippen molar-refractivity contribution >= 4 is 50.9 Å². The number of carbonyl (C=O) groups excluding carboxylic acids is 1. The monoisotopic (exact) mass is 486 g/mol. The summed E-state index contributed by atoms with van der Waals surface area (Å²) in [6.07, 6.45) is 4.30. The molecule has 0 bridgehead atoms. The largest absolute Gasteiger partial charge is 0.435 e. The average Bonchev–Trinajstić information content (AvgIpc) is 3.40. The third kappa shape index (κ3) is 4.15. The highest BCUT2D eigenvalue weighted by molar-refractivity contribution is 6.35. The highest BCUT2D eigenvalue weighted by Gasteiger charge is 2.16. The van der Waals surface area contributed by atoms with E-state index in [0.717, 1.165) is 0 Å². The molecule has 6 nitrogen and oxygen atoms in total. The molecule has 0 radical (unpaired) electrons. The fourth-order valence-corrected chi connectivity index (χ4v) is 4.00. The first kappa shape index (κ1) is 21.4. The lowest BCUT2D eigenvalue weighted by Gasteiger charge is -2.06. The quantitative estimate of drug-likeness (QED) is 0.328. The number of fused-ring (bicyclic) bond motifs is 2. The van der Waals surface area contributed by atoms with Gasteiger partial charge in [0.2, 0.25) is 5.76 Å². The van der Waals surface area contributed by atoms with Gasteiger partial charge in [0.05, 0.1) is 21.6 Å². The summed E-state index contributed by atoms with van der Waals surface area (Å²) in [5.74, 6) is -1.39. The Kier molecular flexibility index (Phi) is 5.47. The van der Waals surface area contributed by atoms with Crippen LogP contribution in [0.15, 0.2) is 53.3 Å². The third-order valence-electron chi connectivity index (χ3n) is 5.15. The first-order valence-electron chi connectivity index (χ1n) is 9.79. The van der Waals surface area contributed by atoms with Crippen molar-refractivity contribution in [1.29, 1.82) is 0 Å². The number of nitrogens with one attached hydrogen (secondary N) is 2. The number of oxazole rings is 1. The van der Waals surface area contributed by atoms with Crippen LogP contribution < -0.4 is 5.32 Å². The van der Waals surface area contributed by atoms with E-state index in [1.54, 1.807) is 24.3 Å². The lowest BCUT2D eigenvalue weighted by Crippen LogP contribution is -2.22. The van der Waals surface area contributed by atoms with E-state index in [2.05, 4.69) is 20.3 Å². The van der Waals surface area contributed by atoms with Crippen LogP contribution in [-0.2, 0) is 13.0 Å². The van der Waals surface area contributed by atoms with Crippen LogP contribution >= 0.6 is 23.2 Å². The van der Waals surface area contributed by atoms with Crippen LogP contribution in [0.1, 0.15) is 27.6 Å². The van der Waals surface area contributed by atoms with Crippen LogP contribution in [0.4, 0.5) is 8.78 Å². The molecule has 0 unspecified atom stereocenters. The lowest BCUT2D eigenvalue weighted by atomic mass is 10.1. The molecule has 3 heterocycles. The number of carbonyl (C=O) groups is 1. The van der Waals surface area contributed by atoms with Gasteiger partial charge in [-0.15, -0.1) is 0 Å². The van der Waals surface area contributed by atoms with E-state index in [-0.39, 0.29) is 46.1 Å². The lowest BCUT2D eigenvalue weighted by molar-refractivity contribution is 0.0921. The maximum Gasteiger partial charge on any atom is 0.288 e. The molecule has 33 heavy (non-hydrogen) atoms. The molecule has 0 atom stereocenters. The molecule has 0 aliphatic heterocycles. The Labute approximate surface area is 195 Å². The molecule has 3 aromatic heterocycles. The SMILES string of the molecule is O=C(NCc1ccc2[nH]cc(Cl)c2c1F)c1cnc(Cc2cc(F)c3ncc(Cl)cc3c2)o1. The number of halogens is 4. The summed E-state index contributed by atoms with van der Waals surface area (Å²) in [6.45, 7) is -0.0677. The zero-order valence-electron chi connectivity index (χ0n) is 16.8. The van der Waals surface area contributed by atoms with E-state index in [9.17, 15) is 13.6 Å². The third-order valence-corrected chi connectivity index (χ3v) is 5.66. The van der Waals surface area contributed by atoms with Crippen LogP contribution in [0, 0.1) is 11.6 Å². The van der Waals surface area contributed by atoms with Gasteiger partial charge in [-0.1, -0.05) is 29.3 Å². The zero-order chi connectivity index (χ0) is 23.1. The number of hydrogen-bond donors (Lipinski definition) is 2. The predicted molar refractivity (Wildman–Crippen MR) is 120 cm³/mol. The van der Waals surface area contributed by atoms with Crippen molar-refractivity contribution in [3.05, 3.63) is 93.4 Å². The second kappa shape index (κ2) is 8.46. The number of aromatic amines is 1. The van der Waals surface area contributed by atoms with Crippen molar-refractivity contribution in [2.75, 3.05) is 0 Å². The maximum atomic E-state index is 14.7.